The monoisotopic (exact) mass is 253 g/mol. The zero-order chi connectivity index (χ0) is 14.0. The van der Waals surface area contributed by atoms with Crippen LogP contribution in [0.25, 0.3) is 0 Å². The van der Waals surface area contributed by atoms with Crippen molar-refractivity contribution in [1.82, 2.24) is 9.78 Å². The van der Waals surface area contributed by atoms with E-state index in [2.05, 4.69) is 5.10 Å². The van der Waals surface area contributed by atoms with Crippen molar-refractivity contribution in [3.8, 4) is 23.8 Å². The molecule has 19 heavy (non-hydrogen) atoms. The number of rotatable bonds is 2. The molecule has 0 bridgehead atoms. The number of ether oxygens (including phenoxy) is 1. The van der Waals surface area contributed by atoms with Gasteiger partial charge < -0.3 is 10.5 Å². The second-order valence-electron chi connectivity index (χ2n) is 3.97. The van der Waals surface area contributed by atoms with Crippen LogP contribution in [0.5, 0.6) is 11.6 Å². The van der Waals surface area contributed by atoms with E-state index in [1.54, 1.807) is 26.1 Å². The van der Waals surface area contributed by atoms with Crippen molar-refractivity contribution in [3.63, 3.8) is 0 Å². The highest BCUT2D eigenvalue weighted by molar-refractivity contribution is 5.55. The molecule has 2 rings (SSSR count). The van der Waals surface area contributed by atoms with Crippen molar-refractivity contribution >= 4 is 5.69 Å². The number of aryl methyl sites for hydroxylation is 2. The van der Waals surface area contributed by atoms with E-state index in [-0.39, 0.29) is 0 Å². The maximum absolute atomic E-state index is 9.09. The number of nitriles is 2. The van der Waals surface area contributed by atoms with E-state index < -0.39 is 0 Å². The van der Waals surface area contributed by atoms with Gasteiger partial charge in [0.15, 0.2) is 0 Å². The molecule has 0 atom stereocenters. The predicted octanol–water partition coefficient (Wildman–Crippen LogP) is 1.85. The smallest absolute Gasteiger partial charge is 0.235 e. The molecule has 0 aliphatic heterocycles. The summed E-state index contributed by atoms with van der Waals surface area (Å²) in [6, 6.07) is 8.78. The van der Waals surface area contributed by atoms with Gasteiger partial charge in [-0.3, -0.25) is 0 Å². The fourth-order valence-electron chi connectivity index (χ4n) is 1.71. The Hall–Kier alpha value is -2.99. The molecule has 94 valence electrons. The summed E-state index contributed by atoms with van der Waals surface area (Å²) in [5.41, 5.74) is 7.32. The second kappa shape index (κ2) is 4.71. The van der Waals surface area contributed by atoms with Crippen LogP contribution in [0, 0.1) is 29.6 Å². The van der Waals surface area contributed by atoms with Crippen molar-refractivity contribution in [1.29, 1.82) is 10.5 Å². The number of hydrogen-bond acceptors (Lipinski definition) is 5. The largest absolute Gasteiger partial charge is 0.436 e. The number of nitrogen functional groups attached to an aromatic ring is 1. The number of nitrogens with zero attached hydrogens (tertiary/aromatic N) is 4. The SMILES string of the molecule is Cc1nn(C)c(Oc2ccc(N)cc2C#N)c1C#N. The van der Waals surface area contributed by atoms with Crippen LogP contribution in [0.2, 0.25) is 0 Å². The summed E-state index contributed by atoms with van der Waals surface area (Å²) >= 11 is 0. The Labute approximate surface area is 110 Å². The van der Waals surface area contributed by atoms with Gasteiger partial charge in [0.05, 0.1) is 11.3 Å². The second-order valence-corrected chi connectivity index (χ2v) is 3.97. The van der Waals surface area contributed by atoms with E-state index >= 15 is 0 Å². The summed E-state index contributed by atoms with van der Waals surface area (Å²) in [7, 11) is 1.67. The molecule has 1 heterocycles. The lowest BCUT2D eigenvalue weighted by atomic mass is 10.2. The maximum Gasteiger partial charge on any atom is 0.235 e. The van der Waals surface area contributed by atoms with Crippen LogP contribution in [-0.2, 0) is 7.05 Å². The quantitative estimate of drug-likeness (QED) is 0.823. The van der Waals surface area contributed by atoms with E-state index in [1.165, 1.54) is 10.7 Å². The van der Waals surface area contributed by atoms with Gasteiger partial charge in [0.25, 0.3) is 0 Å². The van der Waals surface area contributed by atoms with Gasteiger partial charge >= 0.3 is 0 Å². The molecule has 0 amide bonds. The van der Waals surface area contributed by atoms with Crippen molar-refractivity contribution in [2.24, 2.45) is 7.05 Å². The first-order valence-corrected chi connectivity index (χ1v) is 5.48. The Balaban J connectivity index is 2.49. The Morgan fingerprint density at radius 3 is 2.68 bits per heavy atom. The summed E-state index contributed by atoms with van der Waals surface area (Å²) < 4.78 is 7.09. The standard InChI is InChI=1S/C13H11N5O/c1-8-11(7-15)13(18(2)17-8)19-12-4-3-10(16)5-9(12)6-14/h3-5H,16H2,1-2H3. The van der Waals surface area contributed by atoms with Crippen molar-refractivity contribution < 1.29 is 4.74 Å². The molecule has 0 spiro atoms. The molecule has 1 aromatic carbocycles. The lowest BCUT2D eigenvalue weighted by molar-refractivity contribution is 0.428. The number of hydrogen-bond donors (Lipinski definition) is 1. The molecule has 0 fully saturated rings. The molecule has 0 saturated carbocycles. The minimum absolute atomic E-state index is 0.307. The Morgan fingerprint density at radius 2 is 2.05 bits per heavy atom. The zero-order valence-corrected chi connectivity index (χ0v) is 10.5. The zero-order valence-electron chi connectivity index (χ0n) is 10.5. The number of anilines is 1. The Bertz CT molecular complexity index is 718. The van der Waals surface area contributed by atoms with Crippen LogP contribution in [0.4, 0.5) is 5.69 Å². The molecular weight excluding hydrogens is 242 g/mol. The summed E-state index contributed by atoms with van der Waals surface area (Å²) in [6.07, 6.45) is 0. The topological polar surface area (TPSA) is 101 Å². The summed E-state index contributed by atoms with van der Waals surface area (Å²) in [4.78, 5) is 0. The van der Waals surface area contributed by atoms with Gasteiger partial charge in [-0.05, 0) is 25.1 Å². The van der Waals surface area contributed by atoms with E-state index in [0.717, 1.165) is 0 Å². The fourth-order valence-corrected chi connectivity index (χ4v) is 1.71. The molecule has 0 radical (unpaired) electrons. The van der Waals surface area contributed by atoms with Crippen LogP contribution in [0.3, 0.4) is 0 Å². The van der Waals surface area contributed by atoms with E-state index in [9.17, 15) is 0 Å². The van der Waals surface area contributed by atoms with Crippen LogP contribution in [0.1, 0.15) is 16.8 Å². The highest BCUT2D eigenvalue weighted by Gasteiger charge is 2.16. The first-order valence-electron chi connectivity index (χ1n) is 5.48. The van der Waals surface area contributed by atoms with Gasteiger partial charge in [-0.1, -0.05) is 0 Å². The lowest BCUT2D eigenvalue weighted by Crippen LogP contribution is -1.98. The molecule has 0 aliphatic rings. The summed E-state index contributed by atoms with van der Waals surface area (Å²) in [6.45, 7) is 1.72. The van der Waals surface area contributed by atoms with Gasteiger partial charge in [0.2, 0.25) is 5.88 Å². The van der Waals surface area contributed by atoms with Crippen molar-refractivity contribution in [3.05, 3.63) is 35.0 Å². The average molecular weight is 253 g/mol. The van der Waals surface area contributed by atoms with E-state index in [4.69, 9.17) is 21.0 Å². The maximum atomic E-state index is 9.09. The minimum Gasteiger partial charge on any atom is -0.436 e. The Kier molecular flexibility index (Phi) is 3.09. The van der Waals surface area contributed by atoms with E-state index in [0.29, 0.717) is 34.1 Å². The third-order valence-corrected chi connectivity index (χ3v) is 2.61. The normalized spacial score (nSPS) is 9.68. The van der Waals surface area contributed by atoms with Gasteiger partial charge in [-0.25, -0.2) is 4.68 Å². The molecule has 0 aliphatic carbocycles. The molecular formula is C13H11N5O. The van der Waals surface area contributed by atoms with Crippen LogP contribution >= 0.6 is 0 Å². The molecule has 1 aromatic heterocycles. The first-order chi connectivity index (χ1) is 9.06. The average Bonchev–Trinajstić information content (AvgIpc) is 2.65. The van der Waals surface area contributed by atoms with Gasteiger partial charge in [0.1, 0.15) is 23.5 Å². The molecule has 6 nitrogen and oxygen atoms in total. The van der Waals surface area contributed by atoms with Gasteiger partial charge in [-0.2, -0.15) is 15.6 Å². The van der Waals surface area contributed by atoms with E-state index in [1.807, 2.05) is 12.1 Å². The van der Waals surface area contributed by atoms with Gasteiger partial charge in [0, 0.05) is 12.7 Å². The fraction of sp³-hybridized carbons (Fsp3) is 0.154. The number of nitrogens with two attached hydrogens (primary N) is 1. The number of aromatic nitrogens is 2. The van der Waals surface area contributed by atoms with Crippen LogP contribution in [0.15, 0.2) is 18.2 Å². The lowest BCUT2D eigenvalue weighted by Gasteiger charge is -2.08. The third-order valence-electron chi connectivity index (χ3n) is 2.61. The van der Waals surface area contributed by atoms with Crippen LogP contribution < -0.4 is 10.5 Å². The van der Waals surface area contributed by atoms with Crippen molar-refractivity contribution in [2.75, 3.05) is 5.73 Å². The van der Waals surface area contributed by atoms with Gasteiger partial charge in [-0.15, -0.1) is 0 Å². The Morgan fingerprint density at radius 1 is 1.32 bits per heavy atom. The molecule has 2 aromatic rings. The highest BCUT2D eigenvalue weighted by atomic mass is 16.5. The molecule has 0 unspecified atom stereocenters. The highest BCUT2D eigenvalue weighted by Crippen LogP contribution is 2.29. The molecule has 2 N–H and O–H groups in total. The first kappa shape index (κ1) is 12.5. The van der Waals surface area contributed by atoms with Crippen LogP contribution in [-0.4, -0.2) is 9.78 Å². The third kappa shape index (κ3) is 2.20. The number of benzene rings is 1. The molecule has 0 saturated heterocycles. The summed E-state index contributed by atoms with van der Waals surface area (Å²) in [5, 5.41) is 22.3. The van der Waals surface area contributed by atoms with Crippen molar-refractivity contribution in [2.45, 2.75) is 6.92 Å². The minimum atomic E-state index is 0.307. The molecule has 6 heteroatoms. The predicted molar refractivity (Wildman–Crippen MR) is 68.3 cm³/mol. The summed E-state index contributed by atoms with van der Waals surface area (Å²) in [5.74, 6) is 0.650.